The van der Waals surface area contributed by atoms with Crippen molar-refractivity contribution in [1.82, 2.24) is 0 Å². The summed E-state index contributed by atoms with van der Waals surface area (Å²) in [5.41, 5.74) is 15.7. The Balaban J connectivity index is 1.09. The minimum atomic E-state index is -0.435. The predicted molar refractivity (Wildman–Crippen MR) is 242 cm³/mol. The van der Waals surface area contributed by atoms with Crippen molar-refractivity contribution in [1.29, 1.82) is 0 Å². The van der Waals surface area contributed by atoms with E-state index in [1.807, 2.05) is 11.3 Å². The van der Waals surface area contributed by atoms with Crippen molar-refractivity contribution >= 4 is 48.6 Å². The zero-order valence-electron chi connectivity index (χ0n) is 31.2. The highest BCUT2D eigenvalue weighted by Gasteiger charge is 2.46. The van der Waals surface area contributed by atoms with Gasteiger partial charge in [-0.3, -0.25) is 0 Å². The second kappa shape index (κ2) is 13.6. The van der Waals surface area contributed by atoms with E-state index in [1.165, 1.54) is 81.5 Å². The normalized spacial score (nSPS) is 12.7. The van der Waals surface area contributed by atoms with E-state index >= 15 is 0 Å². The molecular formula is C55H37NS. The van der Waals surface area contributed by atoms with Gasteiger partial charge < -0.3 is 4.90 Å². The molecule has 9 aromatic carbocycles. The number of benzene rings is 9. The maximum Gasteiger partial charge on any atom is 0.0714 e. The van der Waals surface area contributed by atoms with Gasteiger partial charge in [0.2, 0.25) is 0 Å². The lowest BCUT2D eigenvalue weighted by Gasteiger charge is -2.33. The summed E-state index contributed by atoms with van der Waals surface area (Å²) in [5, 5.41) is 2.55. The van der Waals surface area contributed by atoms with Crippen LogP contribution in [0, 0.1) is 0 Å². The molecule has 10 aromatic rings. The molecule has 1 aliphatic rings. The molecule has 0 aliphatic heterocycles. The van der Waals surface area contributed by atoms with Gasteiger partial charge in [0.15, 0.2) is 0 Å². The average molecular weight is 744 g/mol. The van der Waals surface area contributed by atoms with Gasteiger partial charge in [-0.05, 0) is 98.1 Å². The average Bonchev–Trinajstić information content (AvgIpc) is 3.82. The third-order valence-electron chi connectivity index (χ3n) is 11.7. The standard InChI is InChI=1S/C55H37NS/c1-4-17-38(18-5-1)39-19-14-20-40(35-39)41-21-15-26-45(36-41)56(44-24-8-3-9-25-44)52-32-16-29-49-48-34-33-43(37-53(48)57-54(49)52)55(42-22-6-2-7-23-42)50-30-12-10-27-46(50)47-28-11-13-31-51(47)55/h1-37H. The van der Waals surface area contributed by atoms with E-state index in [0.717, 1.165) is 11.4 Å². The lowest BCUT2D eigenvalue weighted by Crippen LogP contribution is -2.28. The molecule has 1 aliphatic carbocycles. The zero-order chi connectivity index (χ0) is 37.8. The Labute approximate surface area is 337 Å². The van der Waals surface area contributed by atoms with E-state index in [9.17, 15) is 0 Å². The third kappa shape index (κ3) is 5.37. The smallest absolute Gasteiger partial charge is 0.0714 e. The first-order valence-electron chi connectivity index (χ1n) is 19.6. The SMILES string of the molecule is c1ccc(-c2cccc(-c3cccc(N(c4ccccc4)c4cccc5c4sc4cc(C6(c7ccccc7)c7ccccc7-c7ccccc76)ccc45)c3)c2)cc1. The number of anilines is 3. The number of fused-ring (bicyclic) bond motifs is 6. The van der Waals surface area contributed by atoms with Gasteiger partial charge in [-0.1, -0.05) is 182 Å². The molecule has 0 fully saturated rings. The van der Waals surface area contributed by atoms with Gasteiger partial charge >= 0.3 is 0 Å². The van der Waals surface area contributed by atoms with Gasteiger partial charge in [-0.2, -0.15) is 0 Å². The van der Waals surface area contributed by atoms with Gasteiger partial charge in [0.1, 0.15) is 0 Å². The summed E-state index contributed by atoms with van der Waals surface area (Å²) in [6, 6.07) is 82.3. The van der Waals surface area contributed by atoms with Crippen LogP contribution in [0.1, 0.15) is 22.3 Å². The second-order valence-corrected chi connectivity index (χ2v) is 15.9. The van der Waals surface area contributed by atoms with Crippen molar-refractivity contribution in [2.24, 2.45) is 0 Å². The number of nitrogens with zero attached hydrogens (tertiary/aromatic N) is 1. The maximum atomic E-state index is 2.48. The highest BCUT2D eigenvalue weighted by atomic mass is 32.1. The van der Waals surface area contributed by atoms with Gasteiger partial charge in [0.25, 0.3) is 0 Å². The van der Waals surface area contributed by atoms with Gasteiger partial charge in [0.05, 0.1) is 15.8 Å². The zero-order valence-corrected chi connectivity index (χ0v) is 32.0. The van der Waals surface area contributed by atoms with E-state index in [0.29, 0.717) is 0 Å². The molecule has 57 heavy (non-hydrogen) atoms. The Morgan fingerprint density at radius 2 is 0.895 bits per heavy atom. The molecule has 11 rings (SSSR count). The minimum absolute atomic E-state index is 0.435. The molecule has 0 N–H and O–H groups in total. The van der Waals surface area contributed by atoms with Crippen molar-refractivity contribution in [2.75, 3.05) is 4.90 Å². The van der Waals surface area contributed by atoms with Crippen LogP contribution in [0.25, 0.3) is 53.6 Å². The minimum Gasteiger partial charge on any atom is -0.309 e. The Morgan fingerprint density at radius 3 is 1.61 bits per heavy atom. The number of thiophene rings is 1. The van der Waals surface area contributed by atoms with E-state index in [2.05, 4.69) is 229 Å². The summed E-state index contributed by atoms with van der Waals surface area (Å²) >= 11 is 1.89. The molecule has 2 heteroatoms. The van der Waals surface area contributed by atoms with Crippen LogP contribution in [0.3, 0.4) is 0 Å². The Bertz CT molecular complexity index is 3030. The molecular weight excluding hydrogens is 707 g/mol. The summed E-state index contributed by atoms with van der Waals surface area (Å²) in [5.74, 6) is 0. The molecule has 0 spiro atoms. The van der Waals surface area contributed by atoms with Crippen LogP contribution in [-0.2, 0) is 5.41 Å². The maximum absolute atomic E-state index is 2.48. The van der Waals surface area contributed by atoms with Crippen LogP contribution in [0.2, 0.25) is 0 Å². The molecule has 268 valence electrons. The third-order valence-corrected chi connectivity index (χ3v) is 12.9. The van der Waals surface area contributed by atoms with Crippen molar-refractivity contribution in [2.45, 2.75) is 5.41 Å². The van der Waals surface area contributed by atoms with E-state index in [4.69, 9.17) is 0 Å². The van der Waals surface area contributed by atoms with E-state index in [1.54, 1.807) is 0 Å². The van der Waals surface area contributed by atoms with Crippen LogP contribution >= 0.6 is 11.3 Å². The molecule has 1 aromatic heterocycles. The lowest BCUT2D eigenvalue weighted by atomic mass is 9.67. The van der Waals surface area contributed by atoms with Gasteiger partial charge in [-0.15, -0.1) is 11.3 Å². The first kappa shape index (κ1) is 33.3. The van der Waals surface area contributed by atoms with E-state index < -0.39 is 5.41 Å². The molecule has 0 amide bonds. The Morgan fingerprint density at radius 1 is 0.351 bits per heavy atom. The number of para-hydroxylation sites is 1. The largest absolute Gasteiger partial charge is 0.309 e. The monoisotopic (exact) mass is 743 g/mol. The molecule has 0 bridgehead atoms. The summed E-state index contributed by atoms with van der Waals surface area (Å²) < 4.78 is 2.55. The van der Waals surface area contributed by atoms with Crippen LogP contribution in [0.4, 0.5) is 17.1 Å². The summed E-state index contributed by atoms with van der Waals surface area (Å²) in [6.45, 7) is 0. The first-order chi connectivity index (χ1) is 28.3. The van der Waals surface area contributed by atoms with Gasteiger partial charge in [0, 0.05) is 26.8 Å². The van der Waals surface area contributed by atoms with Crippen LogP contribution in [0.5, 0.6) is 0 Å². The highest BCUT2D eigenvalue weighted by molar-refractivity contribution is 7.26. The lowest BCUT2D eigenvalue weighted by molar-refractivity contribution is 0.770. The van der Waals surface area contributed by atoms with Crippen LogP contribution in [-0.4, -0.2) is 0 Å². The van der Waals surface area contributed by atoms with E-state index in [-0.39, 0.29) is 0 Å². The van der Waals surface area contributed by atoms with Crippen LogP contribution < -0.4 is 4.90 Å². The molecule has 0 saturated heterocycles. The van der Waals surface area contributed by atoms with Crippen LogP contribution in [0.15, 0.2) is 224 Å². The number of hydrogen-bond acceptors (Lipinski definition) is 2. The van der Waals surface area contributed by atoms with Crippen molar-refractivity contribution in [3.63, 3.8) is 0 Å². The Hall–Kier alpha value is -7.00. The summed E-state index contributed by atoms with van der Waals surface area (Å²) in [4.78, 5) is 2.43. The molecule has 0 unspecified atom stereocenters. The summed E-state index contributed by atoms with van der Waals surface area (Å²) in [7, 11) is 0. The second-order valence-electron chi connectivity index (χ2n) is 14.8. The Kier molecular flexibility index (Phi) is 7.98. The predicted octanol–water partition coefficient (Wildman–Crippen LogP) is 15.2. The molecule has 0 atom stereocenters. The van der Waals surface area contributed by atoms with Crippen molar-refractivity contribution in [3.8, 4) is 33.4 Å². The quantitative estimate of drug-likeness (QED) is 0.157. The highest BCUT2D eigenvalue weighted by Crippen LogP contribution is 2.57. The molecule has 1 nitrogen and oxygen atoms in total. The van der Waals surface area contributed by atoms with Gasteiger partial charge in [-0.25, -0.2) is 0 Å². The fourth-order valence-electron chi connectivity index (χ4n) is 9.24. The summed E-state index contributed by atoms with van der Waals surface area (Å²) in [6.07, 6.45) is 0. The molecule has 0 radical (unpaired) electrons. The number of rotatable bonds is 7. The fourth-order valence-corrected chi connectivity index (χ4v) is 10.5. The molecule has 0 saturated carbocycles. The number of hydrogen-bond donors (Lipinski definition) is 0. The fraction of sp³-hybridized carbons (Fsp3) is 0.0182. The first-order valence-corrected chi connectivity index (χ1v) is 20.4. The van der Waals surface area contributed by atoms with Crippen molar-refractivity contribution in [3.05, 3.63) is 247 Å². The topological polar surface area (TPSA) is 3.24 Å². The molecule has 1 heterocycles. The van der Waals surface area contributed by atoms with Crippen molar-refractivity contribution < 1.29 is 0 Å².